The molecule has 5 heteroatoms. The smallest absolute Gasteiger partial charge is 0.356 e. The molecular weight excluding hydrogens is 176 g/mol. The van der Waals surface area contributed by atoms with Crippen molar-refractivity contribution in [2.75, 3.05) is 0 Å². The third-order valence-electron chi connectivity index (χ3n) is 1.11. The summed E-state index contributed by atoms with van der Waals surface area (Å²) in [6.07, 6.45) is 2.65. The van der Waals surface area contributed by atoms with Crippen molar-refractivity contribution in [3.05, 3.63) is 22.2 Å². The van der Waals surface area contributed by atoms with E-state index in [4.69, 9.17) is 10.4 Å². The molecule has 60 valence electrons. The van der Waals surface area contributed by atoms with E-state index in [1.54, 1.807) is 6.07 Å². The number of rotatable bonds is 2. The second kappa shape index (κ2) is 3.64. The molecule has 1 aromatic heterocycles. The molecule has 1 aromatic rings. The third kappa shape index (κ3) is 1.68. The third-order valence-corrected chi connectivity index (χ3v) is 1.90. The topological polar surface area (TPSA) is 74.0 Å². The molecule has 0 radical (unpaired) electrons. The minimum atomic E-state index is -1.08. The molecule has 1 N–H and O–H groups in total. The molecule has 0 bridgehead atoms. The zero-order valence-corrected chi connectivity index (χ0v) is 6.71. The van der Waals surface area contributed by atoms with Gasteiger partial charge in [0.15, 0.2) is 5.69 Å². The Labute approximate surface area is 72.4 Å². The van der Waals surface area contributed by atoms with E-state index < -0.39 is 5.97 Å². The number of thiazole rings is 1. The van der Waals surface area contributed by atoms with Crippen LogP contribution in [-0.4, -0.2) is 16.1 Å². The second-order valence-corrected chi connectivity index (χ2v) is 2.72. The number of hydrogen-bond acceptors (Lipinski definition) is 4. The summed E-state index contributed by atoms with van der Waals surface area (Å²) in [5.41, 5.74) is 1.42. The number of nitrogens with zero attached hydrogens (tertiary/aromatic N) is 2. The SMILES string of the molecule is N#CC=Cc1scnc1C(=O)O. The highest BCUT2D eigenvalue weighted by Gasteiger charge is 2.10. The van der Waals surface area contributed by atoms with Crippen molar-refractivity contribution in [3.63, 3.8) is 0 Å². The predicted octanol–water partition coefficient (Wildman–Crippen LogP) is 1.38. The highest BCUT2D eigenvalue weighted by Crippen LogP contribution is 2.14. The van der Waals surface area contributed by atoms with Gasteiger partial charge in [-0.05, 0) is 6.08 Å². The first-order chi connectivity index (χ1) is 5.75. The van der Waals surface area contributed by atoms with E-state index in [0.717, 1.165) is 0 Å². The number of hydrogen-bond donors (Lipinski definition) is 1. The van der Waals surface area contributed by atoms with Gasteiger partial charge < -0.3 is 5.11 Å². The quantitative estimate of drug-likeness (QED) is 0.697. The van der Waals surface area contributed by atoms with E-state index in [1.165, 1.54) is 29.0 Å². The van der Waals surface area contributed by atoms with Crippen LogP contribution >= 0.6 is 11.3 Å². The van der Waals surface area contributed by atoms with Crippen LogP contribution in [0, 0.1) is 11.3 Å². The lowest BCUT2D eigenvalue weighted by Gasteiger charge is -1.86. The summed E-state index contributed by atoms with van der Waals surface area (Å²) in [4.78, 5) is 14.6. The fraction of sp³-hybridized carbons (Fsp3) is 0. The normalized spacial score (nSPS) is 9.92. The van der Waals surface area contributed by atoms with Gasteiger partial charge in [0.2, 0.25) is 0 Å². The number of carboxylic acids is 1. The molecule has 0 aromatic carbocycles. The van der Waals surface area contributed by atoms with E-state index >= 15 is 0 Å². The van der Waals surface area contributed by atoms with Crippen LogP contribution in [0.2, 0.25) is 0 Å². The van der Waals surface area contributed by atoms with Crippen molar-refractivity contribution in [1.82, 2.24) is 4.98 Å². The van der Waals surface area contributed by atoms with Gasteiger partial charge in [-0.25, -0.2) is 9.78 Å². The average Bonchev–Trinajstić information content (AvgIpc) is 2.48. The monoisotopic (exact) mass is 180 g/mol. The van der Waals surface area contributed by atoms with E-state index in [2.05, 4.69) is 4.98 Å². The summed E-state index contributed by atoms with van der Waals surface area (Å²) in [6.45, 7) is 0. The lowest BCUT2D eigenvalue weighted by Crippen LogP contribution is -1.97. The van der Waals surface area contributed by atoms with Crippen molar-refractivity contribution in [2.45, 2.75) is 0 Å². The average molecular weight is 180 g/mol. The standard InChI is InChI=1S/C7H4N2O2S/c8-3-1-2-5-6(7(10)11)9-4-12-5/h1-2,4H,(H,10,11). The summed E-state index contributed by atoms with van der Waals surface area (Å²) >= 11 is 1.19. The molecule has 1 rings (SSSR count). The summed E-state index contributed by atoms with van der Waals surface area (Å²) in [7, 11) is 0. The van der Waals surface area contributed by atoms with Crippen molar-refractivity contribution < 1.29 is 9.90 Å². The van der Waals surface area contributed by atoms with Gasteiger partial charge in [-0.1, -0.05) is 0 Å². The summed E-state index contributed by atoms with van der Waals surface area (Å²) in [5, 5.41) is 16.8. The maximum absolute atomic E-state index is 10.5. The molecule has 0 spiro atoms. The molecular formula is C7H4N2O2S. The summed E-state index contributed by atoms with van der Waals surface area (Å²) < 4.78 is 0. The maximum atomic E-state index is 10.5. The zero-order valence-electron chi connectivity index (χ0n) is 5.89. The Balaban J connectivity index is 3.01. The number of aromatic carboxylic acids is 1. The lowest BCUT2D eigenvalue weighted by atomic mass is 10.3. The van der Waals surface area contributed by atoms with Gasteiger partial charge in [0, 0.05) is 6.08 Å². The maximum Gasteiger partial charge on any atom is 0.356 e. The zero-order chi connectivity index (χ0) is 8.97. The van der Waals surface area contributed by atoms with Crippen molar-refractivity contribution in [3.8, 4) is 6.07 Å². The minimum absolute atomic E-state index is 0.00787. The number of aromatic nitrogens is 1. The Hall–Kier alpha value is -1.67. The van der Waals surface area contributed by atoms with Gasteiger partial charge in [-0.3, -0.25) is 0 Å². The summed E-state index contributed by atoms with van der Waals surface area (Å²) in [5.74, 6) is -1.08. The number of allylic oxidation sites excluding steroid dienone is 1. The molecule has 12 heavy (non-hydrogen) atoms. The van der Waals surface area contributed by atoms with Gasteiger partial charge in [0.1, 0.15) is 0 Å². The first-order valence-corrected chi connectivity index (χ1v) is 3.86. The van der Waals surface area contributed by atoms with Gasteiger partial charge in [0.05, 0.1) is 16.5 Å². The molecule has 0 unspecified atom stereocenters. The van der Waals surface area contributed by atoms with Crippen LogP contribution in [0.25, 0.3) is 6.08 Å². The fourth-order valence-corrected chi connectivity index (χ4v) is 1.32. The van der Waals surface area contributed by atoms with Crippen LogP contribution < -0.4 is 0 Å². The number of carboxylic acid groups (broad SMARTS) is 1. The molecule has 0 amide bonds. The van der Waals surface area contributed by atoms with Crippen molar-refractivity contribution >= 4 is 23.4 Å². The van der Waals surface area contributed by atoms with Crippen LogP contribution in [0.1, 0.15) is 15.4 Å². The van der Waals surface area contributed by atoms with Crippen LogP contribution in [-0.2, 0) is 0 Å². The van der Waals surface area contributed by atoms with Crippen molar-refractivity contribution in [2.24, 2.45) is 0 Å². The molecule has 0 saturated carbocycles. The highest BCUT2D eigenvalue weighted by molar-refractivity contribution is 7.10. The molecule has 0 fully saturated rings. The van der Waals surface area contributed by atoms with Gasteiger partial charge in [-0.15, -0.1) is 11.3 Å². The van der Waals surface area contributed by atoms with E-state index in [-0.39, 0.29) is 5.69 Å². The van der Waals surface area contributed by atoms with Crippen LogP contribution in [0.3, 0.4) is 0 Å². The Bertz CT molecular complexity index is 362. The largest absolute Gasteiger partial charge is 0.476 e. The van der Waals surface area contributed by atoms with Crippen molar-refractivity contribution in [1.29, 1.82) is 5.26 Å². The molecule has 4 nitrogen and oxygen atoms in total. The van der Waals surface area contributed by atoms with Crippen LogP contribution in [0.4, 0.5) is 0 Å². The van der Waals surface area contributed by atoms with E-state index in [0.29, 0.717) is 4.88 Å². The minimum Gasteiger partial charge on any atom is -0.476 e. The molecule has 0 saturated heterocycles. The fourth-order valence-electron chi connectivity index (χ4n) is 0.647. The first kappa shape index (κ1) is 8.43. The lowest BCUT2D eigenvalue weighted by molar-refractivity contribution is 0.0691. The van der Waals surface area contributed by atoms with Gasteiger partial charge in [-0.2, -0.15) is 5.26 Å². The Kier molecular flexibility index (Phi) is 2.56. The second-order valence-electron chi connectivity index (χ2n) is 1.83. The molecule has 0 aliphatic heterocycles. The first-order valence-electron chi connectivity index (χ1n) is 2.98. The van der Waals surface area contributed by atoms with Gasteiger partial charge >= 0.3 is 5.97 Å². The van der Waals surface area contributed by atoms with Crippen LogP contribution in [0.5, 0.6) is 0 Å². The van der Waals surface area contributed by atoms with E-state index in [9.17, 15) is 4.79 Å². The Morgan fingerprint density at radius 3 is 3.17 bits per heavy atom. The molecule has 0 aliphatic carbocycles. The van der Waals surface area contributed by atoms with Crippen LogP contribution in [0.15, 0.2) is 11.6 Å². The Morgan fingerprint density at radius 1 is 1.83 bits per heavy atom. The van der Waals surface area contributed by atoms with E-state index in [1.807, 2.05) is 0 Å². The van der Waals surface area contributed by atoms with Gasteiger partial charge in [0.25, 0.3) is 0 Å². The number of nitriles is 1. The molecule has 1 heterocycles. The summed E-state index contributed by atoms with van der Waals surface area (Å²) in [6, 6.07) is 1.78. The Morgan fingerprint density at radius 2 is 2.58 bits per heavy atom. The highest BCUT2D eigenvalue weighted by atomic mass is 32.1. The molecule has 0 atom stereocenters. The molecule has 0 aliphatic rings. The number of carbonyl (C=O) groups is 1. The predicted molar refractivity (Wildman–Crippen MR) is 43.7 cm³/mol.